The topological polar surface area (TPSA) is 69.3 Å². The van der Waals surface area contributed by atoms with E-state index in [0.717, 1.165) is 28.2 Å². The zero-order valence-electron chi connectivity index (χ0n) is 15.0. The molecule has 0 radical (unpaired) electrons. The van der Waals surface area contributed by atoms with E-state index in [9.17, 15) is 13.6 Å². The van der Waals surface area contributed by atoms with E-state index in [1.54, 1.807) is 18.2 Å². The number of benzene rings is 3. The summed E-state index contributed by atoms with van der Waals surface area (Å²) in [5, 5.41) is 3.48. The smallest absolute Gasteiger partial charge is 0.211 e. The fourth-order valence-electron chi connectivity index (χ4n) is 3.81. The van der Waals surface area contributed by atoms with Crippen molar-refractivity contribution in [1.82, 2.24) is 4.57 Å². The van der Waals surface area contributed by atoms with Crippen molar-refractivity contribution < 1.29 is 18.3 Å². The molecule has 1 atom stereocenters. The number of ether oxygens (including phenoxy) is 1. The highest BCUT2D eigenvalue weighted by Gasteiger charge is 2.29. The minimum absolute atomic E-state index is 0.337. The van der Waals surface area contributed by atoms with Crippen LogP contribution in [0, 0.1) is 11.6 Å². The van der Waals surface area contributed by atoms with E-state index >= 15 is 0 Å². The number of carbonyl (C=O) groups excluding carboxylic acids is 1. The molecule has 0 bridgehead atoms. The van der Waals surface area contributed by atoms with E-state index in [0.29, 0.717) is 29.1 Å². The van der Waals surface area contributed by atoms with Gasteiger partial charge in [0, 0.05) is 40.0 Å². The molecule has 5 rings (SSSR count). The summed E-state index contributed by atoms with van der Waals surface area (Å²) in [6.07, 6.45) is -0.177. The average Bonchev–Trinajstić information content (AvgIpc) is 3.05. The third-order valence-corrected chi connectivity index (χ3v) is 4.99. The van der Waals surface area contributed by atoms with Gasteiger partial charge in [0.2, 0.25) is 12.6 Å². The van der Waals surface area contributed by atoms with Gasteiger partial charge >= 0.3 is 0 Å². The lowest BCUT2D eigenvalue weighted by atomic mass is 10.1. The van der Waals surface area contributed by atoms with Crippen LogP contribution in [-0.2, 0) is 4.79 Å². The minimum atomic E-state index is -0.785. The second kappa shape index (κ2) is 6.34. The molecule has 29 heavy (non-hydrogen) atoms. The summed E-state index contributed by atoms with van der Waals surface area (Å²) >= 11 is 0. The van der Waals surface area contributed by atoms with Gasteiger partial charge < -0.3 is 20.4 Å². The van der Waals surface area contributed by atoms with Crippen molar-refractivity contribution in [2.24, 2.45) is 0 Å². The van der Waals surface area contributed by atoms with Crippen LogP contribution in [0.25, 0.3) is 22.2 Å². The summed E-state index contributed by atoms with van der Waals surface area (Å²) < 4.78 is 35.9. The highest BCUT2D eigenvalue weighted by atomic mass is 19.1. The van der Waals surface area contributed by atoms with Crippen molar-refractivity contribution >= 4 is 28.7 Å². The molecular formula is C22H15F2N3O2. The van der Waals surface area contributed by atoms with Crippen LogP contribution in [0.2, 0.25) is 0 Å². The summed E-state index contributed by atoms with van der Waals surface area (Å²) in [4.78, 5) is 10.8. The Labute approximate surface area is 164 Å². The highest BCUT2D eigenvalue weighted by Crippen LogP contribution is 2.45. The van der Waals surface area contributed by atoms with Gasteiger partial charge in [-0.2, -0.15) is 0 Å². The molecule has 1 aromatic heterocycles. The molecule has 0 aliphatic carbocycles. The first-order valence-corrected chi connectivity index (χ1v) is 8.91. The third kappa shape index (κ3) is 2.79. The molecule has 0 spiro atoms. The monoisotopic (exact) mass is 391 g/mol. The summed E-state index contributed by atoms with van der Waals surface area (Å²) in [7, 11) is 0. The van der Waals surface area contributed by atoms with Crippen LogP contribution in [0.1, 0.15) is 11.8 Å². The van der Waals surface area contributed by atoms with Crippen molar-refractivity contribution in [3.63, 3.8) is 0 Å². The second-order valence-corrected chi connectivity index (χ2v) is 6.86. The van der Waals surface area contributed by atoms with E-state index in [2.05, 4.69) is 5.32 Å². The number of anilines is 2. The molecule has 1 aliphatic rings. The Morgan fingerprint density at radius 3 is 2.55 bits per heavy atom. The molecule has 3 aromatic carbocycles. The maximum Gasteiger partial charge on any atom is 0.211 e. The lowest BCUT2D eigenvalue weighted by Crippen LogP contribution is -2.22. The minimum Gasteiger partial charge on any atom is -0.465 e. The molecular weight excluding hydrogens is 376 g/mol. The largest absolute Gasteiger partial charge is 0.465 e. The number of nitrogens with two attached hydrogens (primary N) is 1. The summed E-state index contributed by atoms with van der Waals surface area (Å²) in [5.74, 6) is -0.837. The maximum atomic E-state index is 13.9. The summed E-state index contributed by atoms with van der Waals surface area (Å²) in [6, 6.07) is 16.0. The van der Waals surface area contributed by atoms with E-state index in [4.69, 9.17) is 10.5 Å². The zero-order chi connectivity index (χ0) is 20.1. The Morgan fingerprint density at radius 2 is 1.79 bits per heavy atom. The van der Waals surface area contributed by atoms with Crippen molar-refractivity contribution in [2.45, 2.75) is 6.23 Å². The SMILES string of the molecule is Nc1ccc2c(c1)OC(c1cc(F)cc(F)c1)n1c-2cc2cc(NC=O)ccc21. The molecule has 0 saturated carbocycles. The van der Waals surface area contributed by atoms with Gasteiger partial charge in [0.05, 0.1) is 11.2 Å². The number of nitrogen functional groups attached to an aromatic ring is 1. The van der Waals surface area contributed by atoms with E-state index in [-0.39, 0.29) is 0 Å². The van der Waals surface area contributed by atoms with Crippen LogP contribution >= 0.6 is 0 Å². The predicted molar refractivity (Wildman–Crippen MR) is 107 cm³/mol. The van der Waals surface area contributed by atoms with Gasteiger partial charge in [-0.1, -0.05) is 0 Å². The van der Waals surface area contributed by atoms with Gasteiger partial charge in [0.15, 0.2) is 0 Å². The molecule has 3 N–H and O–H groups in total. The van der Waals surface area contributed by atoms with Crippen LogP contribution < -0.4 is 15.8 Å². The fraction of sp³-hybridized carbons (Fsp3) is 0.0455. The first kappa shape index (κ1) is 17.2. The Morgan fingerprint density at radius 1 is 1.00 bits per heavy atom. The fourth-order valence-corrected chi connectivity index (χ4v) is 3.81. The molecule has 0 fully saturated rings. The average molecular weight is 391 g/mol. The van der Waals surface area contributed by atoms with Gasteiger partial charge in [-0.25, -0.2) is 8.78 Å². The number of aromatic nitrogens is 1. The zero-order valence-corrected chi connectivity index (χ0v) is 15.0. The van der Waals surface area contributed by atoms with Crippen LogP contribution in [-0.4, -0.2) is 11.0 Å². The highest BCUT2D eigenvalue weighted by molar-refractivity contribution is 5.92. The molecule has 1 amide bonds. The first-order valence-electron chi connectivity index (χ1n) is 8.91. The standard InChI is InChI=1S/C22H15F2N3O2/c23-14-5-13(6-15(24)9-14)22-27-19-4-2-17(26-11-28)7-12(19)8-20(27)18-3-1-16(25)10-21(18)29-22/h1-11,22H,25H2,(H,26,28). The molecule has 1 unspecified atom stereocenters. The Balaban J connectivity index is 1.79. The second-order valence-electron chi connectivity index (χ2n) is 6.86. The molecule has 2 heterocycles. The van der Waals surface area contributed by atoms with Gasteiger partial charge in [-0.05, 0) is 48.5 Å². The molecule has 144 valence electrons. The van der Waals surface area contributed by atoms with Gasteiger partial charge in [0.25, 0.3) is 0 Å². The molecule has 1 aliphatic heterocycles. The van der Waals surface area contributed by atoms with E-state index in [1.165, 1.54) is 12.1 Å². The number of halogens is 2. The molecule has 7 heteroatoms. The van der Waals surface area contributed by atoms with Crippen LogP contribution in [0.5, 0.6) is 5.75 Å². The van der Waals surface area contributed by atoms with Gasteiger partial charge in [0.1, 0.15) is 17.4 Å². The van der Waals surface area contributed by atoms with Crippen molar-refractivity contribution in [3.05, 3.63) is 77.9 Å². The molecule has 5 nitrogen and oxygen atoms in total. The number of fused-ring (bicyclic) bond motifs is 5. The quantitative estimate of drug-likeness (QED) is 0.394. The van der Waals surface area contributed by atoms with E-state index in [1.807, 2.05) is 28.8 Å². The van der Waals surface area contributed by atoms with E-state index < -0.39 is 17.9 Å². The van der Waals surface area contributed by atoms with Crippen LogP contribution in [0.4, 0.5) is 20.2 Å². The van der Waals surface area contributed by atoms with Gasteiger partial charge in [-0.15, -0.1) is 0 Å². The number of nitrogens with one attached hydrogen (secondary N) is 1. The maximum absolute atomic E-state index is 13.9. The van der Waals surface area contributed by atoms with Crippen LogP contribution in [0.3, 0.4) is 0 Å². The van der Waals surface area contributed by atoms with Crippen molar-refractivity contribution in [2.75, 3.05) is 11.1 Å². The Hall–Kier alpha value is -3.87. The van der Waals surface area contributed by atoms with Crippen molar-refractivity contribution in [3.8, 4) is 17.0 Å². The Bertz CT molecular complexity index is 1260. The molecule has 4 aromatic rings. The van der Waals surface area contributed by atoms with Crippen molar-refractivity contribution in [1.29, 1.82) is 0 Å². The number of nitrogens with zero attached hydrogens (tertiary/aromatic N) is 1. The number of hydrogen-bond donors (Lipinski definition) is 2. The summed E-state index contributed by atoms with van der Waals surface area (Å²) in [6.45, 7) is 0. The Kier molecular flexibility index (Phi) is 3.77. The number of hydrogen-bond acceptors (Lipinski definition) is 3. The molecule has 0 saturated heterocycles. The lowest BCUT2D eigenvalue weighted by molar-refractivity contribution is -0.105. The lowest BCUT2D eigenvalue weighted by Gasteiger charge is -2.30. The first-order chi connectivity index (χ1) is 14.0. The number of carbonyl (C=O) groups is 1. The predicted octanol–water partition coefficient (Wildman–Crippen LogP) is 4.68. The normalized spacial score (nSPS) is 14.8. The summed E-state index contributed by atoms with van der Waals surface area (Å²) in [5.41, 5.74) is 9.85. The number of rotatable bonds is 3. The number of amides is 1. The van der Waals surface area contributed by atoms with Gasteiger partial charge in [-0.3, -0.25) is 4.79 Å². The van der Waals surface area contributed by atoms with Crippen LogP contribution in [0.15, 0.2) is 60.7 Å². The third-order valence-electron chi connectivity index (χ3n) is 4.99.